The highest BCUT2D eigenvalue weighted by molar-refractivity contribution is 5.83. The Hall–Kier alpha value is -4.02. The summed E-state index contributed by atoms with van der Waals surface area (Å²) in [5.41, 5.74) is -1.49. The van der Waals surface area contributed by atoms with Crippen LogP contribution in [0.5, 0.6) is 0 Å². The molecule has 33 heteroatoms. The summed E-state index contributed by atoms with van der Waals surface area (Å²) in [5, 5.41) is 114. The maximum Gasteiger partial charge on any atom is 0.227 e. The molecule has 0 bridgehead atoms. The van der Waals surface area contributed by atoms with E-state index in [4.69, 9.17) is 54.1 Å². The molecule has 2 aliphatic heterocycles. The standard InChI is InChI=1S/C73H141N9O24/c1-41(87)46(29-84)102-55(45(28-83)76-42(2)88)105-69(22,23)35-71(26,74)80-59(96)63(10,11)33-67(18,19)100-39-73(82-61(5,6)7,38-99-66(16,17)32-62(8,9)58(95)79-65(14,15)37-98-56-49(77-43(3)89)53(93)51(91)47(30-85)103-56)40-101-68(20,21)34-64(12,13)60(97)81-72(27,75)36-70(24,25)106-57-50(78-44(4)90)54(94)52(92)48(31-86)104-57/h41,45-57,82-87,91-94H,28-40,74-75H2,1-27H3,(H,76,88)(H,77,89)(H,78,90)(H,79,95)(H,80,96)(H,81,97)/t41-,45+,46?,47?,48?,49?,50?,51?,52?,53?,54?,55?,56?,57?,71?,72?,73?/m1/s1. The normalized spacial score (nSPS) is 25.0. The van der Waals surface area contributed by atoms with Crippen LogP contribution < -0.4 is 48.7 Å². The second kappa shape index (κ2) is 38.0. The third-order valence-electron chi connectivity index (χ3n) is 18.1. The molecule has 2 heterocycles. The number of nitrogens with one attached hydrogen (secondary N) is 7. The summed E-state index contributed by atoms with van der Waals surface area (Å²) < 4.78 is 57.3. The number of nitrogens with two attached hydrogens (primary N) is 2. The van der Waals surface area contributed by atoms with E-state index in [1.165, 1.54) is 27.7 Å². The number of aliphatic hydroxyl groups excluding tert-OH is 9. The van der Waals surface area contributed by atoms with Gasteiger partial charge in [0.05, 0.1) is 109 Å². The number of rotatable bonds is 44. The predicted molar refractivity (Wildman–Crippen MR) is 393 cm³/mol. The van der Waals surface area contributed by atoms with Gasteiger partial charge in [0.15, 0.2) is 18.9 Å². The topological polar surface area (TPSA) is 504 Å². The average Bonchev–Trinajstić information content (AvgIpc) is 0.801. The van der Waals surface area contributed by atoms with Crippen molar-refractivity contribution in [2.24, 2.45) is 27.7 Å². The van der Waals surface area contributed by atoms with Gasteiger partial charge in [-0.15, -0.1) is 0 Å². The van der Waals surface area contributed by atoms with Gasteiger partial charge in [0, 0.05) is 55.4 Å². The Labute approximate surface area is 629 Å². The predicted octanol–water partition coefficient (Wildman–Crippen LogP) is 0.0808. The minimum atomic E-state index is -1.57. The van der Waals surface area contributed by atoms with E-state index in [9.17, 15) is 74.7 Å². The van der Waals surface area contributed by atoms with Crippen molar-refractivity contribution in [3.05, 3.63) is 0 Å². The van der Waals surface area contributed by atoms with Crippen molar-refractivity contribution < 1.29 is 117 Å². The van der Waals surface area contributed by atoms with E-state index in [1.807, 2.05) is 62.3 Å². The van der Waals surface area contributed by atoms with Gasteiger partial charge >= 0.3 is 0 Å². The lowest BCUT2D eigenvalue weighted by atomic mass is 9.79. The molecule has 33 nitrogen and oxygen atoms in total. The molecule has 20 N–H and O–H groups in total. The van der Waals surface area contributed by atoms with Gasteiger partial charge in [0.1, 0.15) is 60.9 Å². The molecule has 2 fully saturated rings. The monoisotopic (exact) mass is 1530 g/mol. The molecule has 6 amide bonds. The van der Waals surface area contributed by atoms with Gasteiger partial charge in [0.2, 0.25) is 35.4 Å². The lowest BCUT2D eigenvalue weighted by molar-refractivity contribution is -0.297. The zero-order valence-electron chi connectivity index (χ0n) is 68.6. The lowest BCUT2D eigenvalue weighted by Crippen LogP contribution is -2.66. The molecule has 15 unspecified atom stereocenters. The molecule has 622 valence electrons. The molecule has 106 heavy (non-hydrogen) atoms. The lowest BCUT2D eigenvalue weighted by Gasteiger charge is -2.47. The van der Waals surface area contributed by atoms with E-state index in [2.05, 4.69) is 37.2 Å². The molecule has 2 rings (SSSR count). The fourth-order valence-electron chi connectivity index (χ4n) is 14.2. The van der Waals surface area contributed by atoms with E-state index < -0.39 is 214 Å². The average molecular weight is 1530 g/mol. The van der Waals surface area contributed by atoms with Crippen molar-refractivity contribution in [2.75, 3.05) is 52.9 Å². The molecule has 0 radical (unpaired) electrons. The van der Waals surface area contributed by atoms with Crippen molar-refractivity contribution >= 4 is 35.4 Å². The van der Waals surface area contributed by atoms with Gasteiger partial charge in [-0.2, -0.15) is 0 Å². The fraction of sp³-hybridized carbons (Fsp3) is 0.918. The summed E-state index contributed by atoms with van der Waals surface area (Å²) in [4.78, 5) is 80.3. The zero-order chi connectivity index (χ0) is 82.6. The summed E-state index contributed by atoms with van der Waals surface area (Å²) in [5.74, 6) is -2.87. The molecule has 0 aromatic carbocycles. The Morgan fingerprint density at radius 3 is 1.18 bits per heavy atom. The Morgan fingerprint density at radius 2 is 0.840 bits per heavy atom. The molecule has 0 saturated carbocycles. The fourth-order valence-corrected chi connectivity index (χ4v) is 14.2. The first-order valence-electron chi connectivity index (χ1n) is 36.5. The quantitative estimate of drug-likeness (QED) is 0.0359. The minimum Gasteiger partial charge on any atom is -0.394 e. The number of carbonyl (C=O) groups excluding carboxylic acids is 6. The Balaban J connectivity index is 2.62. The maximum absolute atomic E-state index is 14.6. The van der Waals surface area contributed by atoms with E-state index in [0.717, 1.165) is 0 Å². The third-order valence-corrected chi connectivity index (χ3v) is 18.1. The molecular weight excluding hydrogens is 1390 g/mol. The molecule has 2 aliphatic rings. The molecule has 0 spiro atoms. The Kier molecular flexibility index (Phi) is 35.2. The minimum absolute atomic E-state index is 0.0421. The highest BCUT2D eigenvalue weighted by Gasteiger charge is 2.52. The summed E-state index contributed by atoms with van der Waals surface area (Å²) in [6.45, 7) is 42.7. The maximum atomic E-state index is 14.6. The molecular formula is C73H141N9O24. The Bertz CT molecular complexity index is 2830. The number of amides is 6. The van der Waals surface area contributed by atoms with Gasteiger partial charge in [-0.05, 0) is 144 Å². The third kappa shape index (κ3) is 32.4. The zero-order valence-corrected chi connectivity index (χ0v) is 68.6. The van der Waals surface area contributed by atoms with Crippen LogP contribution in [0.2, 0.25) is 0 Å². The number of carbonyl (C=O) groups is 6. The first-order chi connectivity index (χ1) is 47.7. The second-order valence-electron chi connectivity index (χ2n) is 36.8. The van der Waals surface area contributed by atoms with Crippen LogP contribution in [0.3, 0.4) is 0 Å². The number of ether oxygens (including phenoxy) is 9. The van der Waals surface area contributed by atoms with E-state index in [1.54, 1.807) is 96.9 Å². The van der Waals surface area contributed by atoms with E-state index in [0.29, 0.717) is 0 Å². The largest absolute Gasteiger partial charge is 0.394 e. The number of hydrogen-bond acceptors (Lipinski definition) is 27. The molecule has 2 saturated heterocycles. The van der Waals surface area contributed by atoms with E-state index in [-0.39, 0.29) is 64.4 Å². The molecule has 0 aromatic heterocycles. The van der Waals surface area contributed by atoms with Gasteiger partial charge in [-0.3, -0.25) is 28.8 Å². The molecule has 0 aliphatic carbocycles. The SMILES string of the molecule is CC(=O)NC1C(OCC(C)(C)NC(=O)C(C)(C)CC(C)(C)OCC(COC(C)(C)CC(C)(C)C(=O)NC(C)(N)CC(C)(C)OC2OC(CO)C(O)C(O)C2NC(C)=O)(COC(C)(C)CC(C)(C)C(=O)NC(C)(N)CC(C)(C)OC(OC(CO)[C@@H](C)O)[C@H](CO)NC(C)=O)NC(C)(C)C)OC(CO)C(O)C1O. The summed E-state index contributed by atoms with van der Waals surface area (Å²) in [6.07, 6.45) is -14.8. The Morgan fingerprint density at radius 1 is 0.472 bits per heavy atom. The molecule has 0 aromatic rings. The number of aliphatic hydroxyl groups is 9. The summed E-state index contributed by atoms with van der Waals surface area (Å²) in [7, 11) is 0. The summed E-state index contributed by atoms with van der Waals surface area (Å²) >= 11 is 0. The van der Waals surface area contributed by atoms with Crippen LogP contribution in [0.4, 0.5) is 0 Å². The first kappa shape index (κ1) is 98.1. The highest BCUT2D eigenvalue weighted by Crippen LogP contribution is 2.39. The van der Waals surface area contributed by atoms with Crippen LogP contribution in [0.15, 0.2) is 0 Å². The van der Waals surface area contributed by atoms with Crippen LogP contribution in [0.1, 0.15) is 219 Å². The van der Waals surface area contributed by atoms with Gasteiger partial charge in [0.25, 0.3) is 0 Å². The van der Waals surface area contributed by atoms with Crippen LogP contribution in [-0.4, -0.2) is 276 Å². The van der Waals surface area contributed by atoms with Crippen LogP contribution in [0.25, 0.3) is 0 Å². The van der Waals surface area contributed by atoms with Crippen molar-refractivity contribution in [1.82, 2.24) is 37.2 Å². The summed E-state index contributed by atoms with van der Waals surface area (Å²) in [6, 6.07) is -3.57. The first-order valence-corrected chi connectivity index (χ1v) is 36.5. The van der Waals surface area contributed by atoms with Crippen molar-refractivity contribution in [1.29, 1.82) is 0 Å². The van der Waals surface area contributed by atoms with Gasteiger partial charge in [-0.25, -0.2) is 0 Å². The van der Waals surface area contributed by atoms with Crippen molar-refractivity contribution in [3.63, 3.8) is 0 Å². The van der Waals surface area contributed by atoms with Crippen LogP contribution in [0, 0.1) is 16.2 Å². The molecule has 17 atom stereocenters. The van der Waals surface area contributed by atoms with Gasteiger partial charge in [-0.1, -0.05) is 41.5 Å². The van der Waals surface area contributed by atoms with Crippen molar-refractivity contribution in [3.8, 4) is 0 Å². The van der Waals surface area contributed by atoms with Gasteiger partial charge < -0.3 is 137 Å². The second-order valence-corrected chi connectivity index (χ2v) is 36.8. The van der Waals surface area contributed by atoms with Crippen LogP contribution in [-0.2, 0) is 71.4 Å². The number of hydrogen-bond donors (Lipinski definition) is 18. The highest BCUT2D eigenvalue weighted by atomic mass is 16.7. The van der Waals surface area contributed by atoms with Crippen molar-refractivity contribution in [2.45, 2.75) is 361 Å². The smallest absolute Gasteiger partial charge is 0.227 e. The van der Waals surface area contributed by atoms with Crippen LogP contribution >= 0.6 is 0 Å². The van der Waals surface area contributed by atoms with E-state index >= 15 is 0 Å².